The number of nitrogens with one attached hydrogen (secondary N) is 1. The summed E-state index contributed by atoms with van der Waals surface area (Å²) in [5.74, 6) is -3.13. The summed E-state index contributed by atoms with van der Waals surface area (Å²) in [5, 5.41) is 3.26. The van der Waals surface area contributed by atoms with E-state index in [0.29, 0.717) is 11.5 Å². The van der Waals surface area contributed by atoms with Crippen LogP contribution in [0.2, 0.25) is 0 Å². The average Bonchev–Trinajstić information content (AvgIpc) is 2.35. The van der Waals surface area contributed by atoms with Crippen molar-refractivity contribution >= 4 is 0 Å². The van der Waals surface area contributed by atoms with Crippen molar-refractivity contribution in [2.45, 2.75) is 46.1 Å². The molecule has 1 unspecified atom stereocenters. The van der Waals surface area contributed by atoms with Gasteiger partial charge < -0.3 is 5.32 Å². The molecule has 0 aliphatic carbocycles. The SMILES string of the molecule is CCCNC(CCC(C)C)c1cc(F)c(F)c(F)c1. The highest BCUT2D eigenvalue weighted by molar-refractivity contribution is 5.22. The molecular formula is C15H22F3N. The third kappa shape index (κ3) is 4.86. The third-order valence-electron chi connectivity index (χ3n) is 3.08. The Labute approximate surface area is 113 Å². The maximum absolute atomic E-state index is 13.3. The standard InChI is InChI=1S/C15H22F3N/c1-4-7-19-14(6-5-10(2)3)11-8-12(16)15(18)13(17)9-11/h8-10,14,19H,4-7H2,1-3H3. The first-order chi connectivity index (χ1) is 8.95. The van der Waals surface area contributed by atoms with Crippen LogP contribution in [-0.4, -0.2) is 6.54 Å². The minimum Gasteiger partial charge on any atom is -0.310 e. The minimum atomic E-state index is -1.40. The van der Waals surface area contributed by atoms with Gasteiger partial charge >= 0.3 is 0 Å². The molecule has 0 saturated heterocycles. The Bertz CT molecular complexity index is 381. The van der Waals surface area contributed by atoms with E-state index in [0.717, 1.165) is 37.9 Å². The van der Waals surface area contributed by atoms with E-state index >= 15 is 0 Å². The van der Waals surface area contributed by atoms with E-state index in [1.165, 1.54) is 0 Å². The Morgan fingerprint density at radius 1 is 1.05 bits per heavy atom. The summed E-state index contributed by atoms with van der Waals surface area (Å²) in [6.45, 7) is 6.99. The zero-order chi connectivity index (χ0) is 14.4. The summed E-state index contributed by atoms with van der Waals surface area (Å²) in [6, 6.07) is 2.05. The Hall–Kier alpha value is -1.03. The minimum absolute atomic E-state index is 0.132. The molecular weight excluding hydrogens is 251 g/mol. The Kier molecular flexibility index (Phi) is 6.35. The van der Waals surface area contributed by atoms with Crippen LogP contribution in [0.25, 0.3) is 0 Å². The van der Waals surface area contributed by atoms with Crippen molar-refractivity contribution in [3.63, 3.8) is 0 Å². The van der Waals surface area contributed by atoms with Gasteiger partial charge in [0, 0.05) is 6.04 Å². The molecule has 0 spiro atoms. The monoisotopic (exact) mass is 273 g/mol. The molecule has 19 heavy (non-hydrogen) atoms. The Morgan fingerprint density at radius 3 is 2.11 bits per heavy atom. The number of rotatable bonds is 7. The van der Waals surface area contributed by atoms with E-state index in [1.807, 2.05) is 6.92 Å². The first-order valence-electron chi connectivity index (χ1n) is 6.83. The molecule has 0 aromatic heterocycles. The molecule has 0 fully saturated rings. The van der Waals surface area contributed by atoms with E-state index in [-0.39, 0.29) is 6.04 Å². The lowest BCUT2D eigenvalue weighted by Gasteiger charge is -2.20. The third-order valence-corrected chi connectivity index (χ3v) is 3.08. The van der Waals surface area contributed by atoms with Crippen LogP contribution < -0.4 is 5.32 Å². The summed E-state index contributed by atoms with van der Waals surface area (Å²) in [5.41, 5.74) is 0.477. The molecule has 0 heterocycles. The molecule has 0 bridgehead atoms. The fourth-order valence-electron chi connectivity index (χ4n) is 1.98. The normalized spacial score (nSPS) is 13.0. The second-order valence-corrected chi connectivity index (χ2v) is 5.28. The van der Waals surface area contributed by atoms with Gasteiger partial charge in [-0.05, 0) is 49.4 Å². The molecule has 1 nitrogen and oxygen atoms in total. The number of halogens is 3. The lowest BCUT2D eigenvalue weighted by atomic mass is 9.97. The van der Waals surface area contributed by atoms with E-state index in [9.17, 15) is 13.2 Å². The first-order valence-corrected chi connectivity index (χ1v) is 6.83. The highest BCUT2D eigenvalue weighted by Crippen LogP contribution is 2.24. The molecule has 0 aliphatic heterocycles. The van der Waals surface area contributed by atoms with Crippen LogP contribution in [0.4, 0.5) is 13.2 Å². The summed E-state index contributed by atoms with van der Waals surface area (Å²) >= 11 is 0. The average molecular weight is 273 g/mol. The van der Waals surface area contributed by atoms with Gasteiger partial charge in [-0.1, -0.05) is 20.8 Å². The highest BCUT2D eigenvalue weighted by Gasteiger charge is 2.17. The van der Waals surface area contributed by atoms with Crippen molar-refractivity contribution in [3.05, 3.63) is 35.1 Å². The lowest BCUT2D eigenvalue weighted by Crippen LogP contribution is -2.23. The molecule has 0 amide bonds. The predicted molar refractivity (Wildman–Crippen MR) is 71.4 cm³/mol. The fraction of sp³-hybridized carbons (Fsp3) is 0.600. The molecule has 1 aromatic rings. The van der Waals surface area contributed by atoms with Crippen LogP contribution in [0.5, 0.6) is 0 Å². The van der Waals surface area contributed by atoms with Gasteiger partial charge in [-0.25, -0.2) is 13.2 Å². The highest BCUT2D eigenvalue weighted by atomic mass is 19.2. The molecule has 108 valence electrons. The van der Waals surface area contributed by atoms with Gasteiger partial charge in [0.2, 0.25) is 0 Å². The van der Waals surface area contributed by atoms with Crippen LogP contribution in [0.1, 0.15) is 51.6 Å². The van der Waals surface area contributed by atoms with Crippen LogP contribution >= 0.6 is 0 Å². The van der Waals surface area contributed by atoms with E-state index in [1.54, 1.807) is 0 Å². The predicted octanol–water partition coefficient (Wildman–Crippen LogP) is 4.58. The second kappa shape index (κ2) is 7.53. The number of hydrogen-bond acceptors (Lipinski definition) is 1. The van der Waals surface area contributed by atoms with Crippen LogP contribution in [0.3, 0.4) is 0 Å². The fourth-order valence-corrected chi connectivity index (χ4v) is 1.98. The number of hydrogen-bond donors (Lipinski definition) is 1. The van der Waals surface area contributed by atoms with Gasteiger partial charge in [-0.2, -0.15) is 0 Å². The topological polar surface area (TPSA) is 12.0 Å². The summed E-state index contributed by atoms with van der Waals surface area (Å²) < 4.78 is 39.5. The van der Waals surface area contributed by atoms with E-state index < -0.39 is 17.5 Å². The summed E-state index contributed by atoms with van der Waals surface area (Å²) in [7, 11) is 0. The molecule has 0 aliphatic rings. The van der Waals surface area contributed by atoms with Gasteiger partial charge in [-0.15, -0.1) is 0 Å². The molecule has 1 atom stereocenters. The van der Waals surface area contributed by atoms with Gasteiger partial charge in [0.05, 0.1) is 0 Å². The maximum atomic E-state index is 13.3. The largest absolute Gasteiger partial charge is 0.310 e. The maximum Gasteiger partial charge on any atom is 0.194 e. The van der Waals surface area contributed by atoms with Crippen LogP contribution in [0, 0.1) is 23.4 Å². The number of benzene rings is 1. The van der Waals surface area contributed by atoms with Gasteiger partial charge in [-0.3, -0.25) is 0 Å². The summed E-state index contributed by atoms with van der Waals surface area (Å²) in [6.07, 6.45) is 2.66. The Balaban J connectivity index is 2.89. The molecule has 4 heteroatoms. The van der Waals surface area contributed by atoms with Gasteiger partial charge in [0.25, 0.3) is 0 Å². The first kappa shape index (κ1) is 16.0. The lowest BCUT2D eigenvalue weighted by molar-refractivity contribution is 0.420. The van der Waals surface area contributed by atoms with E-state index in [4.69, 9.17) is 0 Å². The molecule has 1 aromatic carbocycles. The second-order valence-electron chi connectivity index (χ2n) is 5.28. The smallest absolute Gasteiger partial charge is 0.194 e. The van der Waals surface area contributed by atoms with Crippen molar-refractivity contribution in [2.24, 2.45) is 5.92 Å². The zero-order valence-electron chi connectivity index (χ0n) is 11.8. The molecule has 0 radical (unpaired) electrons. The quantitative estimate of drug-likeness (QED) is 0.717. The van der Waals surface area contributed by atoms with Crippen molar-refractivity contribution < 1.29 is 13.2 Å². The van der Waals surface area contributed by atoms with Crippen LogP contribution in [0.15, 0.2) is 12.1 Å². The van der Waals surface area contributed by atoms with Gasteiger partial charge in [0.1, 0.15) is 0 Å². The zero-order valence-corrected chi connectivity index (χ0v) is 11.8. The molecule has 0 saturated carbocycles. The molecule has 1 rings (SSSR count). The van der Waals surface area contributed by atoms with Crippen molar-refractivity contribution in [1.82, 2.24) is 5.32 Å². The Morgan fingerprint density at radius 2 is 1.63 bits per heavy atom. The van der Waals surface area contributed by atoms with Crippen LogP contribution in [-0.2, 0) is 0 Å². The van der Waals surface area contributed by atoms with Gasteiger partial charge in [0.15, 0.2) is 17.5 Å². The molecule has 1 N–H and O–H groups in total. The van der Waals surface area contributed by atoms with Crippen molar-refractivity contribution in [1.29, 1.82) is 0 Å². The van der Waals surface area contributed by atoms with E-state index in [2.05, 4.69) is 19.2 Å². The van der Waals surface area contributed by atoms with Crippen molar-refractivity contribution in [3.8, 4) is 0 Å². The van der Waals surface area contributed by atoms with Crippen molar-refractivity contribution in [2.75, 3.05) is 6.54 Å². The summed E-state index contributed by atoms with van der Waals surface area (Å²) in [4.78, 5) is 0.